The molecule has 0 saturated carbocycles. The Morgan fingerprint density at radius 2 is 1.89 bits per heavy atom. The molecule has 0 saturated heterocycles. The van der Waals surface area contributed by atoms with E-state index in [0.717, 1.165) is 6.42 Å². The van der Waals surface area contributed by atoms with E-state index in [1.165, 1.54) is 27.8 Å². The first-order valence-corrected chi connectivity index (χ1v) is 6.71. The van der Waals surface area contributed by atoms with Gasteiger partial charge in [0.15, 0.2) is 0 Å². The van der Waals surface area contributed by atoms with E-state index in [1.807, 2.05) is 7.05 Å². The van der Waals surface area contributed by atoms with Crippen LogP contribution in [0.3, 0.4) is 0 Å². The number of fused-ring (bicyclic) bond motifs is 3. The second-order valence-corrected chi connectivity index (χ2v) is 5.05. The minimum Gasteiger partial charge on any atom is -0.383 e. The molecule has 2 aromatic carbocycles. The van der Waals surface area contributed by atoms with Gasteiger partial charge in [-0.1, -0.05) is 42.5 Å². The average Bonchev–Trinajstić information content (AvgIpc) is 2.82. The van der Waals surface area contributed by atoms with Crippen LogP contribution in [0.25, 0.3) is 11.1 Å². The van der Waals surface area contributed by atoms with E-state index in [1.54, 1.807) is 7.11 Å². The maximum atomic E-state index is 5.27. The number of rotatable bonds is 4. The van der Waals surface area contributed by atoms with E-state index in [0.29, 0.717) is 6.61 Å². The van der Waals surface area contributed by atoms with Crippen molar-refractivity contribution in [2.75, 3.05) is 20.8 Å². The third kappa shape index (κ3) is 2.18. The summed E-state index contributed by atoms with van der Waals surface area (Å²) < 4.78 is 5.27. The van der Waals surface area contributed by atoms with Gasteiger partial charge in [0.25, 0.3) is 0 Å². The largest absolute Gasteiger partial charge is 0.383 e. The van der Waals surface area contributed by atoms with Crippen LogP contribution in [-0.4, -0.2) is 20.8 Å². The van der Waals surface area contributed by atoms with Crippen LogP contribution in [-0.2, 0) is 11.2 Å². The van der Waals surface area contributed by atoms with Gasteiger partial charge in [-0.25, -0.2) is 0 Å². The molecule has 0 aromatic heterocycles. The van der Waals surface area contributed by atoms with Crippen molar-refractivity contribution in [2.24, 2.45) is 0 Å². The highest BCUT2D eigenvalue weighted by molar-refractivity contribution is 5.76. The topological polar surface area (TPSA) is 21.3 Å². The Morgan fingerprint density at radius 3 is 2.68 bits per heavy atom. The summed E-state index contributed by atoms with van der Waals surface area (Å²) in [7, 11) is 3.72. The second kappa shape index (κ2) is 5.16. The zero-order valence-electron chi connectivity index (χ0n) is 11.4. The number of methoxy groups -OCH3 is 1. The minimum atomic E-state index is 0.263. The van der Waals surface area contributed by atoms with E-state index in [4.69, 9.17) is 4.74 Å². The fourth-order valence-electron chi connectivity index (χ4n) is 2.89. The highest BCUT2D eigenvalue weighted by Gasteiger charge is 2.19. The fraction of sp³-hybridized carbons (Fsp3) is 0.294. The molecule has 1 aliphatic rings. The quantitative estimate of drug-likeness (QED) is 0.771. The lowest BCUT2D eigenvalue weighted by atomic mass is 10.00. The van der Waals surface area contributed by atoms with Gasteiger partial charge in [0, 0.05) is 7.11 Å². The second-order valence-electron chi connectivity index (χ2n) is 5.05. The zero-order chi connectivity index (χ0) is 13.2. The number of likely N-dealkylation sites (N-methyl/N-ethyl adjacent to an activating group) is 1. The lowest BCUT2D eigenvalue weighted by Crippen LogP contribution is -2.21. The van der Waals surface area contributed by atoms with Gasteiger partial charge in [-0.3, -0.25) is 0 Å². The monoisotopic (exact) mass is 253 g/mol. The number of nitrogens with one attached hydrogen (secondary N) is 1. The third-order valence-electron chi connectivity index (χ3n) is 3.90. The molecule has 0 radical (unpaired) electrons. The lowest BCUT2D eigenvalue weighted by Gasteiger charge is -2.16. The smallest absolute Gasteiger partial charge is 0.0657 e. The minimum absolute atomic E-state index is 0.263. The number of hydrogen-bond acceptors (Lipinski definition) is 2. The lowest BCUT2D eigenvalue weighted by molar-refractivity contribution is 0.170. The van der Waals surface area contributed by atoms with Crippen LogP contribution in [0.2, 0.25) is 0 Å². The molecular formula is C17H19NO. The first-order valence-electron chi connectivity index (χ1n) is 6.71. The summed E-state index contributed by atoms with van der Waals surface area (Å²) in [4.78, 5) is 0. The highest BCUT2D eigenvalue weighted by Crippen LogP contribution is 2.37. The summed E-state index contributed by atoms with van der Waals surface area (Å²) in [6.07, 6.45) is 1.04. The van der Waals surface area contributed by atoms with Crippen molar-refractivity contribution >= 4 is 0 Å². The maximum absolute atomic E-state index is 5.27. The molecule has 3 rings (SSSR count). The molecule has 0 fully saturated rings. The van der Waals surface area contributed by atoms with E-state index < -0.39 is 0 Å². The van der Waals surface area contributed by atoms with Crippen molar-refractivity contribution < 1.29 is 4.74 Å². The summed E-state index contributed by atoms with van der Waals surface area (Å²) in [5.74, 6) is 0. The summed E-state index contributed by atoms with van der Waals surface area (Å²) in [5, 5.41) is 3.31. The Morgan fingerprint density at radius 1 is 1.11 bits per heavy atom. The van der Waals surface area contributed by atoms with Crippen LogP contribution in [0.1, 0.15) is 22.7 Å². The van der Waals surface area contributed by atoms with Gasteiger partial charge in [0.05, 0.1) is 12.6 Å². The molecule has 2 aromatic rings. The molecule has 2 heteroatoms. The summed E-state index contributed by atoms with van der Waals surface area (Å²) >= 11 is 0. The molecule has 1 atom stereocenters. The molecule has 0 spiro atoms. The van der Waals surface area contributed by atoms with Crippen LogP contribution >= 0.6 is 0 Å². The summed E-state index contributed by atoms with van der Waals surface area (Å²) in [6, 6.07) is 15.7. The predicted molar refractivity (Wildman–Crippen MR) is 78.4 cm³/mol. The Bertz CT molecular complexity index is 592. The van der Waals surface area contributed by atoms with Crippen LogP contribution in [0.4, 0.5) is 0 Å². The van der Waals surface area contributed by atoms with Gasteiger partial charge in [-0.15, -0.1) is 0 Å². The standard InChI is InChI=1S/C17H19NO/c1-18-17(11-19-2)13-7-8-16-14(10-13)9-12-5-3-4-6-15(12)16/h3-8,10,17-18H,9,11H2,1-2H3. The van der Waals surface area contributed by atoms with Gasteiger partial charge in [0.1, 0.15) is 0 Å². The van der Waals surface area contributed by atoms with Crippen LogP contribution in [0.5, 0.6) is 0 Å². The molecule has 1 aliphatic carbocycles. The van der Waals surface area contributed by atoms with Crippen LogP contribution in [0.15, 0.2) is 42.5 Å². The molecular weight excluding hydrogens is 234 g/mol. The summed E-state index contributed by atoms with van der Waals surface area (Å²) in [6.45, 7) is 0.697. The first-order chi connectivity index (χ1) is 9.33. The van der Waals surface area contributed by atoms with Gasteiger partial charge >= 0.3 is 0 Å². The number of ether oxygens (including phenoxy) is 1. The van der Waals surface area contributed by atoms with Gasteiger partial charge in [-0.05, 0) is 41.3 Å². The Kier molecular flexibility index (Phi) is 3.36. The van der Waals surface area contributed by atoms with E-state index in [2.05, 4.69) is 47.8 Å². The van der Waals surface area contributed by atoms with Crippen molar-refractivity contribution in [1.82, 2.24) is 5.32 Å². The van der Waals surface area contributed by atoms with Crippen molar-refractivity contribution in [2.45, 2.75) is 12.5 Å². The van der Waals surface area contributed by atoms with Crippen molar-refractivity contribution in [1.29, 1.82) is 0 Å². The Labute approximate surface area is 114 Å². The Hall–Kier alpha value is -1.64. The molecule has 1 N–H and O–H groups in total. The van der Waals surface area contributed by atoms with Gasteiger partial charge < -0.3 is 10.1 Å². The van der Waals surface area contributed by atoms with Crippen LogP contribution in [0, 0.1) is 0 Å². The average molecular weight is 253 g/mol. The van der Waals surface area contributed by atoms with Crippen molar-refractivity contribution in [3.8, 4) is 11.1 Å². The van der Waals surface area contributed by atoms with E-state index in [9.17, 15) is 0 Å². The predicted octanol–water partition coefficient (Wildman–Crippen LogP) is 3.16. The van der Waals surface area contributed by atoms with E-state index >= 15 is 0 Å². The SMILES string of the molecule is CNC(COC)c1ccc2c(c1)Cc1ccccc1-2. The third-order valence-corrected chi connectivity index (χ3v) is 3.90. The van der Waals surface area contributed by atoms with Gasteiger partial charge in [-0.2, -0.15) is 0 Å². The number of benzene rings is 2. The van der Waals surface area contributed by atoms with E-state index in [-0.39, 0.29) is 6.04 Å². The van der Waals surface area contributed by atoms with Crippen molar-refractivity contribution in [3.05, 3.63) is 59.2 Å². The fourth-order valence-corrected chi connectivity index (χ4v) is 2.89. The normalized spacial score (nSPS) is 14.0. The molecule has 0 aliphatic heterocycles. The molecule has 98 valence electrons. The molecule has 0 amide bonds. The Balaban J connectivity index is 1.97. The van der Waals surface area contributed by atoms with Crippen LogP contribution < -0.4 is 5.32 Å². The molecule has 1 unspecified atom stereocenters. The molecule has 19 heavy (non-hydrogen) atoms. The molecule has 0 heterocycles. The van der Waals surface area contributed by atoms with Gasteiger partial charge in [0.2, 0.25) is 0 Å². The molecule has 0 bridgehead atoms. The molecule has 2 nitrogen and oxygen atoms in total. The zero-order valence-corrected chi connectivity index (χ0v) is 11.4. The van der Waals surface area contributed by atoms with Crippen molar-refractivity contribution in [3.63, 3.8) is 0 Å². The summed E-state index contributed by atoms with van der Waals surface area (Å²) in [5.41, 5.74) is 6.93. The highest BCUT2D eigenvalue weighted by atomic mass is 16.5. The first kappa shape index (κ1) is 12.4. The number of hydrogen-bond donors (Lipinski definition) is 1. The maximum Gasteiger partial charge on any atom is 0.0657 e.